The number of aliphatic imine (C=N–C) groups is 2. The van der Waals surface area contributed by atoms with E-state index in [2.05, 4.69) is 9.98 Å². The van der Waals surface area contributed by atoms with E-state index in [1.807, 2.05) is 0 Å². The highest BCUT2D eigenvalue weighted by Crippen LogP contribution is 2.01. The van der Waals surface area contributed by atoms with Crippen LogP contribution in [0.15, 0.2) is 9.98 Å². The Morgan fingerprint density at radius 2 is 2.50 bits per heavy atom. The molecule has 0 aliphatic carbocycles. The van der Waals surface area contributed by atoms with Gasteiger partial charge in [0.2, 0.25) is 0 Å². The highest BCUT2D eigenvalue weighted by molar-refractivity contribution is 6.08. The molecular weight excluding hydrogens is 132 g/mol. The Morgan fingerprint density at radius 1 is 1.80 bits per heavy atom. The van der Waals surface area contributed by atoms with Gasteiger partial charge in [-0.1, -0.05) is 0 Å². The van der Waals surface area contributed by atoms with Crippen LogP contribution in [0.3, 0.4) is 0 Å². The van der Waals surface area contributed by atoms with Crippen molar-refractivity contribution in [1.82, 2.24) is 0 Å². The molecule has 1 rings (SSSR count). The summed E-state index contributed by atoms with van der Waals surface area (Å²) in [6.07, 6.45) is 1.42. The number of aliphatic hydroxyl groups is 1. The molecule has 4 heteroatoms. The van der Waals surface area contributed by atoms with Crippen LogP contribution in [0.1, 0.15) is 6.92 Å². The molecule has 1 amide bonds. The lowest BCUT2D eigenvalue weighted by atomic mass is 10.1. The van der Waals surface area contributed by atoms with Gasteiger partial charge in [-0.25, -0.2) is 4.99 Å². The number of amidine groups is 1. The first-order valence-electron chi connectivity index (χ1n) is 2.98. The fourth-order valence-electron chi connectivity index (χ4n) is 0.658. The summed E-state index contributed by atoms with van der Waals surface area (Å²) in [5.74, 6) is -0.381. The Labute approximate surface area is 58.3 Å². The number of carbonyl (C=O) groups is 1. The molecule has 1 aliphatic rings. The van der Waals surface area contributed by atoms with Gasteiger partial charge in [0.15, 0.2) is 0 Å². The zero-order valence-corrected chi connectivity index (χ0v) is 5.61. The normalized spacial score (nSPS) is 24.8. The summed E-state index contributed by atoms with van der Waals surface area (Å²) in [7, 11) is 0. The van der Waals surface area contributed by atoms with Gasteiger partial charge in [-0.15, -0.1) is 0 Å². The van der Waals surface area contributed by atoms with E-state index in [1.54, 1.807) is 6.92 Å². The van der Waals surface area contributed by atoms with Crippen molar-refractivity contribution in [3.8, 4) is 0 Å². The van der Waals surface area contributed by atoms with E-state index in [9.17, 15) is 4.79 Å². The van der Waals surface area contributed by atoms with Crippen LogP contribution in [0.2, 0.25) is 0 Å². The Hall–Kier alpha value is -1.03. The van der Waals surface area contributed by atoms with Gasteiger partial charge in [-0.3, -0.25) is 4.79 Å². The maximum atomic E-state index is 10.8. The largest absolute Gasteiger partial charge is 0.395 e. The van der Waals surface area contributed by atoms with Crippen molar-refractivity contribution >= 4 is 18.0 Å². The molecule has 0 fully saturated rings. The van der Waals surface area contributed by atoms with E-state index in [-0.39, 0.29) is 12.5 Å². The van der Waals surface area contributed by atoms with E-state index in [1.165, 1.54) is 6.21 Å². The Morgan fingerprint density at radius 3 is 3.00 bits per heavy atom. The van der Waals surface area contributed by atoms with Crippen molar-refractivity contribution < 1.29 is 9.90 Å². The number of amides is 1. The third-order valence-corrected chi connectivity index (χ3v) is 1.23. The van der Waals surface area contributed by atoms with Gasteiger partial charge in [0, 0.05) is 6.21 Å². The van der Waals surface area contributed by atoms with Crippen molar-refractivity contribution in [3.63, 3.8) is 0 Å². The SMILES string of the molecule is CC1=NC(=O)[C@@H](CO)C=N1. The highest BCUT2D eigenvalue weighted by atomic mass is 16.3. The smallest absolute Gasteiger partial charge is 0.258 e. The molecule has 0 aromatic rings. The third kappa shape index (κ3) is 1.27. The lowest BCUT2D eigenvalue weighted by molar-refractivity contribution is -0.120. The Bertz CT molecular complexity index is 208. The monoisotopic (exact) mass is 140 g/mol. The van der Waals surface area contributed by atoms with E-state index >= 15 is 0 Å². The molecule has 0 aromatic carbocycles. The molecule has 0 unspecified atom stereocenters. The van der Waals surface area contributed by atoms with Crippen LogP contribution in [0.25, 0.3) is 0 Å². The molecule has 1 N–H and O–H groups in total. The van der Waals surface area contributed by atoms with Crippen LogP contribution in [-0.2, 0) is 4.79 Å². The summed E-state index contributed by atoms with van der Waals surface area (Å²) in [6, 6.07) is 0. The van der Waals surface area contributed by atoms with Gasteiger partial charge >= 0.3 is 0 Å². The first-order valence-corrected chi connectivity index (χ1v) is 2.98. The second kappa shape index (κ2) is 2.70. The molecule has 1 atom stereocenters. The summed E-state index contributed by atoms with van der Waals surface area (Å²) in [5, 5.41) is 8.57. The van der Waals surface area contributed by atoms with Gasteiger partial charge in [0.1, 0.15) is 5.84 Å². The van der Waals surface area contributed by atoms with E-state index < -0.39 is 5.92 Å². The molecule has 1 heterocycles. The molecule has 10 heavy (non-hydrogen) atoms. The van der Waals surface area contributed by atoms with Crippen molar-refractivity contribution in [1.29, 1.82) is 0 Å². The van der Waals surface area contributed by atoms with E-state index in [0.29, 0.717) is 5.84 Å². The maximum Gasteiger partial charge on any atom is 0.258 e. The minimum atomic E-state index is -0.524. The van der Waals surface area contributed by atoms with Crippen molar-refractivity contribution in [2.75, 3.05) is 6.61 Å². The number of nitrogens with zero attached hydrogens (tertiary/aromatic N) is 2. The quantitative estimate of drug-likeness (QED) is 0.539. The van der Waals surface area contributed by atoms with Gasteiger partial charge in [-0.2, -0.15) is 4.99 Å². The number of hydrogen-bond acceptors (Lipinski definition) is 3. The van der Waals surface area contributed by atoms with Crippen molar-refractivity contribution in [2.45, 2.75) is 6.92 Å². The molecule has 0 saturated carbocycles. The minimum Gasteiger partial charge on any atom is -0.395 e. The topological polar surface area (TPSA) is 62.0 Å². The first-order chi connectivity index (χ1) is 4.74. The predicted octanol–water partition coefficient (Wildman–Crippen LogP) is -0.376. The lowest BCUT2D eigenvalue weighted by Gasteiger charge is -2.07. The van der Waals surface area contributed by atoms with Gasteiger partial charge in [0.25, 0.3) is 5.91 Å². The lowest BCUT2D eigenvalue weighted by Crippen LogP contribution is -2.22. The summed E-state index contributed by atoms with van der Waals surface area (Å²) in [5.41, 5.74) is 0. The summed E-state index contributed by atoms with van der Waals surface area (Å²) < 4.78 is 0. The fraction of sp³-hybridized carbons (Fsp3) is 0.500. The van der Waals surface area contributed by atoms with Crippen LogP contribution in [0.5, 0.6) is 0 Å². The van der Waals surface area contributed by atoms with E-state index in [0.717, 1.165) is 0 Å². The van der Waals surface area contributed by atoms with Crippen LogP contribution in [0, 0.1) is 5.92 Å². The average molecular weight is 140 g/mol. The van der Waals surface area contributed by atoms with Crippen LogP contribution in [-0.4, -0.2) is 29.7 Å². The highest BCUT2D eigenvalue weighted by Gasteiger charge is 2.17. The molecule has 0 radical (unpaired) electrons. The van der Waals surface area contributed by atoms with E-state index in [4.69, 9.17) is 5.11 Å². The summed E-state index contributed by atoms with van der Waals surface area (Å²) >= 11 is 0. The number of carbonyl (C=O) groups excluding carboxylic acids is 1. The van der Waals surface area contributed by atoms with Gasteiger partial charge < -0.3 is 5.11 Å². The van der Waals surface area contributed by atoms with Gasteiger partial charge in [0.05, 0.1) is 12.5 Å². The molecule has 54 valence electrons. The second-order valence-electron chi connectivity index (χ2n) is 2.06. The van der Waals surface area contributed by atoms with Crippen molar-refractivity contribution in [2.24, 2.45) is 15.9 Å². The first kappa shape index (κ1) is 7.08. The van der Waals surface area contributed by atoms with Crippen molar-refractivity contribution in [3.05, 3.63) is 0 Å². The van der Waals surface area contributed by atoms with Crippen LogP contribution in [0.4, 0.5) is 0 Å². The van der Waals surface area contributed by atoms with Crippen LogP contribution >= 0.6 is 0 Å². The van der Waals surface area contributed by atoms with Gasteiger partial charge in [-0.05, 0) is 6.92 Å². The number of rotatable bonds is 1. The zero-order valence-electron chi connectivity index (χ0n) is 5.61. The number of hydrogen-bond donors (Lipinski definition) is 1. The fourth-order valence-corrected chi connectivity index (χ4v) is 0.658. The Balaban J connectivity index is 2.74. The molecule has 0 saturated heterocycles. The third-order valence-electron chi connectivity index (χ3n) is 1.23. The summed E-state index contributed by atoms with van der Waals surface area (Å²) in [4.78, 5) is 18.1. The maximum absolute atomic E-state index is 10.8. The Kier molecular flexibility index (Phi) is 1.91. The molecule has 0 spiro atoms. The standard InChI is InChI=1S/C6H8N2O2/c1-4-7-2-5(3-9)6(10)8-4/h2,5,9H,3H2,1H3/t5-/m1/s1. The zero-order chi connectivity index (χ0) is 7.56. The average Bonchev–Trinajstić information content (AvgIpc) is 1.88. The second-order valence-corrected chi connectivity index (χ2v) is 2.06. The molecule has 4 nitrogen and oxygen atoms in total. The predicted molar refractivity (Wildman–Crippen MR) is 37.2 cm³/mol. The molecule has 0 bridgehead atoms. The molecular formula is C6H8N2O2. The minimum absolute atomic E-state index is 0.209. The molecule has 0 aromatic heterocycles. The molecule has 1 aliphatic heterocycles. The number of aliphatic hydroxyl groups excluding tert-OH is 1. The summed E-state index contributed by atoms with van der Waals surface area (Å²) in [6.45, 7) is 1.43. The van der Waals surface area contributed by atoms with Crippen LogP contribution < -0.4 is 0 Å².